The van der Waals surface area contributed by atoms with Crippen molar-refractivity contribution in [1.82, 2.24) is 4.98 Å². The van der Waals surface area contributed by atoms with E-state index in [1.54, 1.807) is 4.90 Å². The summed E-state index contributed by atoms with van der Waals surface area (Å²) in [5, 5.41) is 0.668. The molecular formula is C12H14BrF3N2. The van der Waals surface area contributed by atoms with E-state index in [1.165, 1.54) is 12.3 Å². The van der Waals surface area contributed by atoms with Crippen LogP contribution >= 0.6 is 15.9 Å². The van der Waals surface area contributed by atoms with Crippen LogP contribution in [0.2, 0.25) is 0 Å². The minimum atomic E-state index is -4.35. The Morgan fingerprint density at radius 3 is 2.83 bits per heavy atom. The highest BCUT2D eigenvalue weighted by atomic mass is 79.9. The van der Waals surface area contributed by atoms with Crippen LogP contribution in [0.4, 0.5) is 19.0 Å². The van der Waals surface area contributed by atoms with E-state index in [2.05, 4.69) is 20.9 Å². The fraction of sp³-hybridized carbons (Fsp3) is 0.583. The molecule has 0 spiro atoms. The highest BCUT2D eigenvalue weighted by Gasteiger charge is 2.37. The van der Waals surface area contributed by atoms with Gasteiger partial charge in [-0.1, -0.05) is 15.9 Å². The number of aromatic nitrogens is 1. The molecule has 1 fully saturated rings. The highest BCUT2D eigenvalue weighted by molar-refractivity contribution is 9.09. The smallest absolute Gasteiger partial charge is 0.352 e. The normalized spacial score (nSPS) is 21.1. The molecule has 0 aromatic carbocycles. The van der Waals surface area contributed by atoms with Crippen LogP contribution in [0.3, 0.4) is 0 Å². The van der Waals surface area contributed by atoms with Gasteiger partial charge in [-0.05, 0) is 31.4 Å². The largest absolute Gasteiger partial charge is 0.419 e. The standard InChI is InChI=1S/C12H14BrF3N2/c13-8-9-4-1-2-7-18(9)11-10(12(14,15)16)5-3-6-17-11/h3,5-6,9H,1-2,4,7-8H2. The molecule has 0 amide bonds. The number of halogens is 4. The van der Waals surface area contributed by atoms with Crippen LogP contribution in [0.5, 0.6) is 0 Å². The van der Waals surface area contributed by atoms with E-state index in [1.807, 2.05) is 0 Å². The molecule has 0 aliphatic carbocycles. The van der Waals surface area contributed by atoms with Gasteiger partial charge < -0.3 is 4.90 Å². The second kappa shape index (κ2) is 5.47. The van der Waals surface area contributed by atoms with E-state index in [0.717, 1.165) is 25.3 Å². The average molecular weight is 323 g/mol. The number of anilines is 1. The Morgan fingerprint density at radius 1 is 1.39 bits per heavy atom. The fourth-order valence-corrected chi connectivity index (χ4v) is 2.96. The maximum atomic E-state index is 13.0. The molecule has 1 aliphatic rings. The van der Waals surface area contributed by atoms with Crippen LogP contribution in [0, 0.1) is 0 Å². The lowest BCUT2D eigenvalue weighted by molar-refractivity contribution is -0.137. The molecule has 1 atom stereocenters. The second-order valence-corrected chi connectivity index (χ2v) is 5.02. The van der Waals surface area contributed by atoms with Gasteiger partial charge in [0.2, 0.25) is 0 Å². The van der Waals surface area contributed by atoms with Crippen molar-refractivity contribution in [3.63, 3.8) is 0 Å². The Bertz CT molecular complexity index is 409. The summed E-state index contributed by atoms with van der Waals surface area (Å²) in [4.78, 5) is 5.73. The van der Waals surface area contributed by atoms with Gasteiger partial charge in [0.05, 0.1) is 5.56 Å². The van der Waals surface area contributed by atoms with E-state index >= 15 is 0 Å². The third-order valence-electron chi connectivity index (χ3n) is 3.17. The fourth-order valence-electron chi connectivity index (χ4n) is 2.29. The van der Waals surface area contributed by atoms with Crippen LogP contribution < -0.4 is 4.90 Å². The number of hydrogen-bond acceptors (Lipinski definition) is 2. The summed E-state index contributed by atoms with van der Waals surface area (Å²) in [7, 11) is 0. The van der Waals surface area contributed by atoms with Gasteiger partial charge in [0, 0.05) is 24.1 Å². The summed E-state index contributed by atoms with van der Waals surface area (Å²) < 4.78 is 38.9. The quantitative estimate of drug-likeness (QED) is 0.769. The highest BCUT2D eigenvalue weighted by Crippen LogP contribution is 2.37. The Morgan fingerprint density at radius 2 is 2.17 bits per heavy atom. The summed E-state index contributed by atoms with van der Waals surface area (Å²) in [6.45, 7) is 0.635. The zero-order valence-corrected chi connectivity index (χ0v) is 11.3. The molecular weight excluding hydrogens is 309 g/mol. The molecule has 0 N–H and O–H groups in total. The molecule has 1 aromatic rings. The van der Waals surface area contributed by atoms with Gasteiger partial charge in [0.25, 0.3) is 0 Å². The lowest BCUT2D eigenvalue weighted by Gasteiger charge is -2.36. The summed E-state index contributed by atoms with van der Waals surface area (Å²) in [6.07, 6.45) is -0.0557. The summed E-state index contributed by atoms with van der Waals surface area (Å²) in [5.74, 6) is 0.0640. The summed E-state index contributed by atoms with van der Waals surface area (Å²) >= 11 is 3.37. The zero-order valence-electron chi connectivity index (χ0n) is 9.75. The van der Waals surface area contributed by atoms with Crippen LogP contribution in [0.1, 0.15) is 24.8 Å². The Balaban J connectivity index is 2.37. The summed E-state index contributed by atoms with van der Waals surface area (Å²) in [5.41, 5.74) is -0.641. The molecule has 0 bridgehead atoms. The summed E-state index contributed by atoms with van der Waals surface area (Å²) in [6, 6.07) is 2.52. The number of nitrogens with zero attached hydrogens (tertiary/aromatic N) is 2. The average Bonchev–Trinajstić information content (AvgIpc) is 2.37. The molecule has 100 valence electrons. The molecule has 1 saturated heterocycles. The zero-order chi connectivity index (χ0) is 13.2. The first-order chi connectivity index (χ1) is 8.54. The molecule has 1 unspecified atom stereocenters. The lowest BCUT2D eigenvalue weighted by Crippen LogP contribution is -2.42. The number of alkyl halides is 4. The maximum absolute atomic E-state index is 13.0. The minimum absolute atomic E-state index is 0.0640. The van der Waals surface area contributed by atoms with E-state index in [9.17, 15) is 13.2 Å². The first-order valence-electron chi connectivity index (χ1n) is 5.89. The molecule has 1 aliphatic heterocycles. The van der Waals surface area contributed by atoms with Crippen molar-refractivity contribution in [1.29, 1.82) is 0 Å². The van der Waals surface area contributed by atoms with Crippen molar-refractivity contribution >= 4 is 21.7 Å². The van der Waals surface area contributed by atoms with Gasteiger partial charge in [-0.15, -0.1) is 0 Å². The SMILES string of the molecule is FC(F)(F)c1cccnc1N1CCCCC1CBr. The third kappa shape index (κ3) is 2.79. The second-order valence-electron chi connectivity index (χ2n) is 4.37. The van der Waals surface area contributed by atoms with Crippen LogP contribution in [0.15, 0.2) is 18.3 Å². The van der Waals surface area contributed by atoms with Gasteiger partial charge in [-0.2, -0.15) is 13.2 Å². The van der Waals surface area contributed by atoms with Crippen molar-refractivity contribution in [2.75, 3.05) is 16.8 Å². The monoisotopic (exact) mass is 322 g/mol. The number of pyridine rings is 1. The third-order valence-corrected chi connectivity index (χ3v) is 3.92. The Labute approximate surface area is 112 Å². The Hall–Kier alpha value is -0.780. The first kappa shape index (κ1) is 13.6. The van der Waals surface area contributed by atoms with Crippen molar-refractivity contribution in [2.24, 2.45) is 0 Å². The van der Waals surface area contributed by atoms with Crippen molar-refractivity contribution in [3.8, 4) is 0 Å². The molecule has 0 saturated carbocycles. The molecule has 6 heteroatoms. The predicted octanol–water partition coefficient (Wildman–Crippen LogP) is 3.85. The topological polar surface area (TPSA) is 16.1 Å². The minimum Gasteiger partial charge on any atom is -0.352 e. The van der Waals surface area contributed by atoms with Gasteiger partial charge in [-0.25, -0.2) is 4.98 Å². The van der Waals surface area contributed by atoms with E-state index < -0.39 is 11.7 Å². The van der Waals surface area contributed by atoms with Gasteiger partial charge in [0.1, 0.15) is 5.82 Å². The molecule has 18 heavy (non-hydrogen) atoms. The van der Waals surface area contributed by atoms with Crippen LogP contribution in [0.25, 0.3) is 0 Å². The van der Waals surface area contributed by atoms with Gasteiger partial charge >= 0.3 is 6.18 Å². The van der Waals surface area contributed by atoms with E-state index in [-0.39, 0.29) is 11.9 Å². The molecule has 2 rings (SSSR count). The molecule has 2 nitrogen and oxygen atoms in total. The van der Waals surface area contributed by atoms with Crippen LogP contribution in [-0.2, 0) is 6.18 Å². The Kier molecular flexibility index (Phi) is 4.14. The number of rotatable bonds is 2. The number of piperidine rings is 1. The van der Waals surface area contributed by atoms with E-state index in [0.29, 0.717) is 11.9 Å². The van der Waals surface area contributed by atoms with Crippen molar-refractivity contribution in [3.05, 3.63) is 23.9 Å². The van der Waals surface area contributed by atoms with Crippen molar-refractivity contribution < 1.29 is 13.2 Å². The lowest BCUT2D eigenvalue weighted by atomic mass is 10.0. The number of hydrogen-bond donors (Lipinski definition) is 0. The first-order valence-corrected chi connectivity index (χ1v) is 7.01. The van der Waals surface area contributed by atoms with Crippen molar-refractivity contribution in [2.45, 2.75) is 31.5 Å². The maximum Gasteiger partial charge on any atom is 0.419 e. The molecule has 0 radical (unpaired) electrons. The van der Waals surface area contributed by atoms with Gasteiger partial charge in [0.15, 0.2) is 0 Å². The van der Waals surface area contributed by atoms with E-state index in [4.69, 9.17) is 0 Å². The molecule has 2 heterocycles. The van der Waals surface area contributed by atoms with Gasteiger partial charge in [-0.3, -0.25) is 0 Å². The van der Waals surface area contributed by atoms with Crippen LogP contribution in [-0.4, -0.2) is 22.9 Å². The molecule has 1 aromatic heterocycles. The predicted molar refractivity (Wildman–Crippen MR) is 68.0 cm³/mol.